The molecule has 0 aliphatic rings. The molecule has 12 N–H and O–H groups in total. The maximum absolute atomic E-state index is 14.1. The summed E-state index contributed by atoms with van der Waals surface area (Å²) in [6, 6.07) is 65.4. The van der Waals surface area contributed by atoms with Gasteiger partial charge in [0.15, 0.2) is 46.0 Å². The van der Waals surface area contributed by atoms with Crippen LogP contribution in [0.5, 0.6) is 80.5 Å². The Hall–Kier alpha value is -15.8. The Bertz CT molecular complexity index is 5780. The van der Waals surface area contributed by atoms with Crippen LogP contribution in [0.15, 0.2) is 255 Å². The monoisotopic (exact) mass is 1710 g/mol. The van der Waals surface area contributed by atoms with Crippen LogP contribution in [0.3, 0.4) is 0 Å². The number of ether oxygens (including phenoxy) is 8. The largest absolute Gasteiger partial charge is 0.504 e. The first-order valence-corrected chi connectivity index (χ1v) is 37.5. The van der Waals surface area contributed by atoms with Crippen molar-refractivity contribution in [2.24, 2.45) is 0 Å². The lowest BCUT2D eigenvalue weighted by molar-refractivity contribution is -0.138. The molecule has 0 aromatic heterocycles. The van der Waals surface area contributed by atoms with Crippen molar-refractivity contribution in [2.75, 3.05) is 13.1 Å². The number of carboxylic acid groups (broad SMARTS) is 4. The number of benzene rings is 12. The van der Waals surface area contributed by atoms with Gasteiger partial charge in [-0.3, -0.25) is 0 Å². The Morgan fingerprint density at radius 1 is 0.306 bits per heavy atom. The third-order valence-corrected chi connectivity index (χ3v) is 18.9. The van der Waals surface area contributed by atoms with Crippen LogP contribution in [0, 0.1) is 0 Å². The fraction of sp³-hybridized carbons (Fsp3) is 0.152. The van der Waals surface area contributed by atoms with Gasteiger partial charge in [0.05, 0.1) is 33.4 Å². The lowest BCUT2D eigenvalue weighted by atomic mass is 9.85. The van der Waals surface area contributed by atoms with Gasteiger partial charge in [0.25, 0.3) is 0 Å². The first-order chi connectivity index (χ1) is 59.4. The standard InChI is InChI=1S/C67H56F3NO12.C25H20F3NO12/c68-67(69,70)52-32-19-33-53(35-52)83-66(76)71-38-51(59-56(65(74)75)37-58(78-40-46-22-9-2-10-23-46)62(81-43-49-28-15-5-16-29-49)63(59)82-44-50-30-17-6-18-31-50)34-54-55(64(72)73)36-57(77-39-45-20-7-1-8-21-45)61(80-42-48-26-13-4-14-27-48)60(54)79-41-47-24-11-3-12-25-47;26-25(27,28)10-2-1-3-11(5-10)41-24(40)29-8-9(17-14(23(38)39)7-16(31)20(34)21(17)35)4-12-13(22(36)37)6-15(30)19(33)18(12)32/h1-33,35-37,51H,34,38-44H2,(H,71,76)(H,72,73)(H,74,75);1-3,5-7,9,30-35H,4,8H2,(H,29,40)(H,36,37)(H,38,39). The second kappa shape index (κ2) is 40.8. The van der Waals surface area contributed by atoms with E-state index < -0.39 is 171 Å². The van der Waals surface area contributed by atoms with Crippen molar-refractivity contribution in [3.05, 3.63) is 344 Å². The van der Waals surface area contributed by atoms with Gasteiger partial charge >= 0.3 is 48.4 Å². The van der Waals surface area contributed by atoms with E-state index in [2.05, 4.69) is 10.6 Å². The molecule has 2 amide bonds. The molecule has 12 aromatic carbocycles. The minimum Gasteiger partial charge on any atom is -0.504 e. The molecule has 2 unspecified atom stereocenters. The van der Waals surface area contributed by atoms with Crippen molar-refractivity contribution in [2.45, 2.75) is 76.7 Å². The summed E-state index contributed by atoms with van der Waals surface area (Å²) in [6.07, 6.45) is -13.4. The number of amides is 2. The van der Waals surface area contributed by atoms with Gasteiger partial charge in [-0.25, -0.2) is 28.8 Å². The zero-order chi connectivity index (χ0) is 88.8. The summed E-state index contributed by atoms with van der Waals surface area (Å²) in [5, 5.41) is 107. The summed E-state index contributed by atoms with van der Waals surface area (Å²) in [6.45, 7) is -1.81. The fourth-order valence-electron chi connectivity index (χ4n) is 13.0. The van der Waals surface area contributed by atoms with Gasteiger partial charge in [0, 0.05) is 47.2 Å². The molecule has 124 heavy (non-hydrogen) atoms. The Kier molecular flexibility index (Phi) is 29.3. The number of phenolic OH excluding ortho intramolecular Hbond substituents is 6. The number of phenols is 6. The highest BCUT2D eigenvalue weighted by Crippen LogP contribution is 2.52. The molecule has 0 saturated heterocycles. The average molecular weight is 1710 g/mol. The number of halogens is 6. The van der Waals surface area contributed by atoms with Gasteiger partial charge in [-0.05, 0) is 107 Å². The summed E-state index contributed by atoms with van der Waals surface area (Å²) in [7, 11) is 0. The highest BCUT2D eigenvalue weighted by Gasteiger charge is 2.38. The van der Waals surface area contributed by atoms with Crippen LogP contribution in [0.1, 0.15) is 120 Å². The zero-order valence-corrected chi connectivity index (χ0v) is 64.9. The topological polar surface area (TPSA) is 403 Å². The highest BCUT2D eigenvalue weighted by molar-refractivity contribution is 5.95. The van der Waals surface area contributed by atoms with Gasteiger partial charge in [-0.2, -0.15) is 26.3 Å². The summed E-state index contributed by atoms with van der Waals surface area (Å²) >= 11 is 0. The van der Waals surface area contributed by atoms with E-state index in [0.29, 0.717) is 41.5 Å². The predicted molar refractivity (Wildman–Crippen MR) is 432 cm³/mol. The second-order valence-electron chi connectivity index (χ2n) is 27.5. The molecule has 0 spiro atoms. The molecule has 2 atom stereocenters. The number of aromatic carboxylic acids is 4. The summed E-state index contributed by atoms with van der Waals surface area (Å²) < 4.78 is 131. The minimum absolute atomic E-state index is 0.00274. The lowest BCUT2D eigenvalue weighted by Gasteiger charge is -2.28. The number of aromatic hydroxyl groups is 6. The molecular weight excluding hydrogens is 1630 g/mol. The molecule has 0 radical (unpaired) electrons. The molecule has 0 heterocycles. The number of rotatable bonds is 34. The zero-order valence-electron chi connectivity index (χ0n) is 64.9. The number of hydrogen-bond donors (Lipinski definition) is 12. The number of alkyl halides is 6. The predicted octanol–water partition coefficient (Wildman–Crippen LogP) is 18.1. The number of carboxylic acids is 4. The number of nitrogens with one attached hydrogen (secondary N) is 2. The maximum atomic E-state index is 14.1. The molecule has 640 valence electrons. The fourth-order valence-corrected chi connectivity index (χ4v) is 13.0. The van der Waals surface area contributed by atoms with Crippen LogP contribution in [0.25, 0.3) is 0 Å². The Labute approximate surface area is 701 Å². The van der Waals surface area contributed by atoms with E-state index in [4.69, 9.17) is 37.9 Å². The van der Waals surface area contributed by atoms with Crippen molar-refractivity contribution in [1.29, 1.82) is 0 Å². The van der Waals surface area contributed by atoms with Crippen LogP contribution >= 0.6 is 0 Å². The van der Waals surface area contributed by atoms with Gasteiger partial charge < -0.3 is 99.6 Å². The Balaban J connectivity index is 0.000000306. The van der Waals surface area contributed by atoms with Crippen molar-refractivity contribution in [3.63, 3.8) is 0 Å². The van der Waals surface area contributed by atoms with Gasteiger partial charge in [-0.15, -0.1) is 0 Å². The SMILES string of the molecule is O=C(NCC(Cc1c(C(=O)O)cc(O)c(O)c1O)c1c(C(=O)O)cc(O)c(O)c1O)Oc1cccc(C(F)(F)F)c1.O=C(NCC(Cc1c(C(=O)O)cc(OCc2ccccc2)c(OCc2ccccc2)c1OCc1ccccc1)c1c(C(=O)O)cc(OCc2ccccc2)c(OCc2ccccc2)c1OCc1ccccc1)Oc1cccc(C(F)(F)F)c1. The number of carbonyl (C=O) groups is 6. The van der Waals surface area contributed by atoms with Crippen molar-refractivity contribution in [1.82, 2.24) is 10.6 Å². The van der Waals surface area contributed by atoms with E-state index in [1.807, 2.05) is 158 Å². The summed E-state index contributed by atoms with van der Waals surface area (Å²) in [5.41, 5.74) is -1.69. The van der Waals surface area contributed by atoms with Gasteiger partial charge in [0.2, 0.25) is 23.0 Å². The Morgan fingerprint density at radius 3 is 0.976 bits per heavy atom. The first-order valence-electron chi connectivity index (χ1n) is 37.5. The molecular formula is C92H76F6N2O24. The minimum atomic E-state index is -4.77. The molecule has 12 aromatic rings. The smallest absolute Gasteiger partial charge is 0.416 e. The van der Waals surface area contributed by atoms with E-state index >= 15 is 0 Å². The third-order valence-electron chi connectivity index (χ3n) is 18.9. The molecule has 0 bridgehead atoms. The summed E-state index contributed by atoms with van der Waals surface area (Å²) in [4.78, 5) is 78.2. The van der Waals surface area contributed by atoms with Crippen molar-refractivity contribution >= 4 is 36.1 Å². The van der Waals surface area contributed by atoms with Crippen LogP contribution in [0.2, 0.25) is 0 Å². The van der Waals surface area contributed by atoms with Gasteiger partial charge in [0.1, 0.15) is 51.1 Å². The highest BCUT2D eigenvalue weighted by atomic mass is 19.4. The van der Waals surface area contributed by atoms with Crippen LogP contribution in [-0.2, 0) is 64.8 Å². The molecule has 0 fully saturated rings. The van der Waals surface area contributed by atoms with Crippen LogP contribution in [-0.4, -0.2) is 100 Å². The Morgan fingerprint density at radius 2 is 0.605 bits per heavy atom. The number of carbonyl (C=O) groups excluding carboxylic acids is 2. The second-order valence-corrected chi connectivity index (χ2v) is 27.5. The van der Waals surface area contributed by atoms with Crippen molar-refractivity contribution < 1.29 is 144 Å². The van der Waals surface area contributed by atoms with Crippen LogP contribution in [0.4, 0.5) is 35.9 Å². The molecule has 32 heteroatoms. The average Bonchev–Trinajstić information content (AvgIpc) is 0.761. The quantitative estimate of drug-likeness (QED) is 0.0132. The van der Waals surface area contributed by atoms with E-state index in [1.165, 1.54) is 18.2 Å². The number of hydrogen-bond acceptors (Lipinski definition) is 20. The molecule has 0 saturated carbocycles. The summed E-state index contributed by atoms with van der Waals surface area (Å²) in [5.74, 6) is -17.4. The lowest BCUT2D eigenvalue weighted by Crippen LogP contribution is -2.33. The van der Waals surface area contributed by atoms with Gasteiger partial charge in [-0.1, -0.05) is 194 Å². The normalized spacial score (nSPS) is 11.6. The molecule has 12 rings (SSSR count). The third kappa shape index (κ3) is 23.4. The van der Waals surface area contributed by atoms with Crippen molar-refractivity contribution in [3.8, 4) is 80.5 Å². The van der Waals surface area contributed by atoms with E-state index in [-0.39, 0.29) is 90.8 Å². The van der Waals surface area contributed by atoms with E-state index in [1.54, 1.807) is 24.3 Å². The van der Waals surface area contributed by atoms with E-state index in [0.717, 1.165) is 46.5 Å². The molecule has 0 aliphatic carbocycles. The van der Waals surface area contributed by atoms with Crippen LogP contribution < -0.4 is 48.5 Å². The van der Waals surface area contributed by atoms with E-state index in [9.17, 15) is 106 Å². The molecule has 26 nitrogen and oxygen atoms in total. The maximum Gasteiger partial charge on any atom is 0.416 e. The first kappa shape index (κ1) is 89.0. The molecule has 0 aliphatic heterocycles.